The van der Waals surface area contributed by atoms with Crippen LogP contribution in [-0.4, -0.2) is 91.3 Å². The van der Waals surface area contributed by atoms with E-state index in [1.807, 2.05) is 24.3 Å². The van der Waals surface area contributed by atoms with Gasteiger partial charge in [-0.05, 0) is 41.0 Å². The number of cyclic esters (lactones) is 1. The third-order valence-electron chi connectivity index (χ3n) is 9.12. The number of hydrogen-bond donors (Lipinski definition) is 3. The molecule has 2 aromatic carbocycles. The fraction of sp³-hybridized carbons (Fsp3) is 0.432. The lowest BCUT2D eigenvalue weighted by Crippen LogP contribution is -2.44. The van der Waals surface area contributed by atoms with Gasteiger partial charge in [-0.3, -0.25) is 9.59 Å². The first-order valence-corrected chi connectivity index (χ1v) is 16.6. The van der Waals surface area contributed by atoms with Crippen LogP contribution in [0.4, 0.5) is 0 Å². The van der Waals surface area contributed by atoms with Gasteiger partial charge >= 0.3 is 17.9 Å². The van der Waals surface area contributed by atoms with Gasteiger partial charge in [0.2, 0.25) is 17.9 Å². The number of nitrogens with one attached hydrogen (secondary N) is 2. The summed E-state index contributed by atoms with van der Waals surface area (Å²) in [6.45, 7) is 3.70. The van der Waals surface area contributed by atoms with E-state index in [1.165, 1.54) is 12.2 Å². The molecule has 0 aromatic heterocycles. The molecule has 4 aliphatic rings. The van der Waals surface area contributed by atoms with Crippen LogP contribution in [0.3, 0.4) is 0 Å². The molecule has 0 unspecified atom stereocenters. The number of rotatable bonds is 11. The zero-order valence-electron chi connectivity index (χ0n) is 27.8. The SMILES string of the molecule is CC1(C)COC(=O)[C@@H]1OC(=O)C=Cc1cccc(C(=O)O[C@@H]2CC(C(=O)NCCC(=O)NCCO)=C[C@H]3OC4(Cc5ccccc5C4)O[C@H]32)c1. The Balaban J connectivity index is 1.14. The fourth-order valence-corrected chi connectivity index (χ4v) is 6.58. The Labute approximate surface area is 288 Å². The summed E-state index contributed by atoms with van der Waals surface area (Å²) in [7, 11) is 0. The number of aliphatic hydroxyl groups excluding tert-OH is 1. The van der Waals surface area contributed by atoms with Crippen LogP contribution in [0.2, 0.25) is 0 Å². The monoisotopic (exact) mass is 688 g/mol. The number of amides is 2. The molecule has 2 amide bonds. The van der Waals surface area contributed by atoms with Crippen LogP contribution in [0.25, 0.3) is 6.08 Å². The first-order valence-electron chi connectivity index (χ1n) is 16.6. The van der Waals surface area contributed by atoms with Crippen LogP contribution >= 0.6 is 0 Å². The summed E-state index contributed by atoms with van der Waals surface area (Å²) in [6, 6.07) is 14.4. The minimum atomic E-state index is -1.02. The van der Waals surface area contributed by atoms with Crippen molar-refractivity contribution in [3.63, 3.8) is 0 Å². The lowest BCUT2D eigenvalue weighted by molar-refractivity contribution is -0.172. The normalized spacial score (nSPS) is 24.2. The molecule has 2 heterocycles. The Bertz CT molecular complexity index is 1710. The molecule has 0 bridgehead atoms. The van der Waals surface area contributed by atoms with Crippen LogP contribution in [0.15, 0.2) is 66.3 Å². The number of esters is 3. The lowest BCUT2D eigenvalue weighted by atomic mass is 9.90. The molecule has 264 valence electrons. The molecule has 13 nitrogen and oxygen atoms in total. The molecule has 0 radical (unpaired) electrons. The standard InChI is InChI=1S/C37H40N2O11/c1-36(2)21-46-35(45)32(36)48-30(42)11-10-22-6-5-9-23(16-22)34(44)47-27-17-26(33(43)39-13-12-29(41)38-14-15-40)18-28-31(27)50-37(49-28)19-24-7-3-4-8-25(24)20-37/h3-11,16,18,27-28,31-32,40H,12-15,17,19-21H2,1-2H3,(H,38,41)(H,39,43)/t27-,28-,31+,32+/m1/s1. The molecule has 0 saturated carbocycles. The second kappa shape index (κ2) is 14.6. The molecule has 2 saturated heterocycles. The number of carbonyl (C=O) groups is 5. The maximum atomic E-state index is 13.6. The van der Waals surface area contributed by atoms with Gasteiger partial charge in [0, 0.05) is 55.8 Å². The highest BCUT2D eigenvalue weighted by molar-refractivity contribution is 5.95. The van der Waals surface area contributed by atoms with Crippen LogP contribution in [0, 0.1) is 5.41 Å². The number of ether oxygens (including phenoxy) is 5. The zero-order chi connectivity index (χ0) is 35.5. The van der Waals surface area contributed by atoms with Crippen molar-refractivity contribution in [3.8, 4) is 0 Å². The van der Waals surface area contributed by atoms with Crippen molar-refractivity contribution >= 4 is 35.8 Å². The first kappa shape index (κ1) is 35.0. The third-order valence-corrected chi connectivity index (χ3v) is 9.12. The van der Waals surface area contributed by atoms with Gasteiger partial charge in [-0.25, -0.2) is 14.4 Å². The number of carbonyl (C=O) groups excluding carboxylic acids is 5. The quantitative estimate of drug-likeness (QED) is 0.179. The molecule has 4 atom stereocenters. The van der Waals surface area contributed by atoms with Crippen molar-refractivity contribution in [1.82, 2.24) is 10.6 Å². The minimum Gasteiger partial charge on any atom is -0.462 e. The van der Waals surface area contributed by atoms with Gasteiger partial charge in [0.1, 0.15) is 24.9 Å². The van der Waals surface area contributed by atoms with Crippen molar-refractivity contribution < 1.29 is 52.8 Å². The van der Waals surface area contributed by atoms with Crippen LogP contribution < -0.4 is 10.6 Å². The molecule has 2 aliphatic carbocycles. The maximum Gasteiger partial charge on any atom is 0.348 e. The molecule has 2 aliphatic heterocycles. The lowest BCUT2D eigenvalue weighted by Gasteiger charge is -2.30. The fourth-order valence-electron chi connectivity index (χ4n) is 6.58. The van der Waals surface area contributed by atoms with Gasteiger partial charge in [0.05, 0.1) is 12.2 Å². The number of benzene rings is 2. The van der Waals surface area contributed by atoms with Gasteiger partial charge in [0.15, 0.2) is 5.79 Å². The van der Waals surface area contributed by atoms with Crippen LogP contribution in [-0.2, 0) is 55.7 Å². The van der Waals surface area contributed by atoms with Gasteiger partial charge in [0.25, 0.3) is 0 Å². The van der Waals surface area contributed by atoms with Crippen LogP contribution in [0.1, 0.15) is 53.7 Å². The topological polar surface area (TPSA) is 176 Å². The highest BCUT2D eigenvalue weighted by atomic mass is 16.8. The van der Waals surface area contributed by atoms with Gasteiger partial charge in [-0.1, -0.05) is 50.2 Å². The molecule has 50 heavy (non-hydrogen) atoms. The van der Waals surface area contributed by atoms with Gasteiger partial charge < -0.3 is 39.4 Å². The summed E-state index contributed by atoms with van der Waals surface area (Å²) in [5.74, 6) is -3.69. The van der Waals surface area contributed by atoms with Crippen LogP contribution in [0.5, 0.6) is 0 Å². The minimum absolute atomic E-state index is 0.0259. The number of hydrogen-bond acceptors (Lipinski definition) is 11. The zero-order valence-corrected chi connectivity index (χ0v) is 27.8. The van der Waals surface area contributed by atoms with Crippen molar-refractivity contribution in [2.45, 2.75) is 69.7 Å². The van der Waals surface area contributed by atoms with E-state index in [9.17, 15) is 24.0 Å². The van der Waals surface area contributed by atoms with E-state index >= 15 is 0 Å². The largest absolute Gasteiger partial charge is 0.462 e. The molecular weight excluding hydrogens is 648 g/mol. The van der Waals surface area contributed by atoms with E-state index < -0.39 is 59.4 Å². The Morgan fingerprint density at radius 2 is 1.74 bits per heavy atom. The third kappa shape index (κ3) is 7.80. The highest BCUT2D eigenvalue weighted by Crippen LogP contribution is 2.45. The Kier molecular flexibility index (Phi) is 10.2. The second-order valence-electron chi connectivity index (χ2n) is 13.5. The molecular formula is C37H40N2O11. The summed E-state index contributed by atoms with van der Waals surface area (Å²) in [4.78, 5) is 63.2. The molecule has 3 N–H and O–H groups in total. The molecule has 2 aromatic rings. The van der Waals surface area contributed by atoms with Crippen molar-refractivity contribution in [2.75, 3.05) is 26.3 Å². The maximum absolute atomic E-state index is 13.6. The van der Waals surface area contributed by atoms with E-state index in [0.717, 1.165) is 11.1 Å². The molecule has 6 rings (SSSR count). The summed E-state index contributed by atoms with van der Waals surface area (Å²) < 4.78 is 29.4. The summed E-state index contributed by atoms with van der Waals surface area (Å²) in [5.41, 5.74) is 2.60. The average Bonchev–Trinajstić information content (AvgIpc) is 3.73. The summed E-state index contributed by atoms with van der Waals surface area (Å²) in [5, 5.41) is 14.2. The predicted molar refractivity (Wildman–Crippen MR) is 176 cm³/mol. The van der Waals surface area contributed by atoms with E-state index in [4.69, 9.17) is 28.8 Å². The number of aliphatic hydroxyl groups is 1. The Morgan fingerprint density at radius 3 is 2.44 bits per heavy atom. The predicted octanol–water partition coefficient (Wildman–Crippen LogP) is 1.94. The van der Waals surface area contributed by atoms with E-state index in [0.29, 0.717) is 24.0 Å². The average molecular weight is 689 g/mol. The summed E-state index contributed by atoms with van der Waals surface area (Å²) in [6.07, 6.45) is 2.17. The van der Waals surface area contributed by atoms with Gasteiger partial charge in [-0.15, -0.1) is 0 Å². The Hall–Kier alpha value is -4.85. The molecule has 2 fully saturated rings. The van der Waals surface area contributed by atoms with E-state index in [2.05, 4.69) is 10.6 Å². The Morgan fingerprint density at radius 1 is 0.980 bits per heavy atom. The van der Waals surface area contributed by atoms with Gasteiger partial charge in [-0.2, -0.15) is 0 Å². The van der Waals surface area contributed by atoms with E-state index in [1.54, 1.807) is 44.2 Å². The van der Waals surface area contributed by atoms with Crippen molar-refractivity contribution in [2.24, 2.45) is 5.41 Å². The smallest absolute Gasteiger partial charge is 0.348 e. The van der Waals surface area contributed by atoms with E-state index in [-0.39, 0.29) is 50.6 Å². The highest BCUT2D eigenvalue weighted by Gasteiger charge is 2.55. The molecule has 13 heteroatoms. The second-order valence-corrected chi connectivity index (χ2v) is 13.5. The number of fused-ring (bicyclic) bond motifs is 2. The summed E-state index contributed by atoms with van der Waals surface area (Å²) >= 11 is 0. The molecule has 1 spiro atoms. The first-order chi connectivity index (χ1) is 23.9. The van der Waals surface area contributed by atoms with Crippen molar-refractivity contribution in [1.29, 1.82) is 0 Å². The van der Waals surface area contributed by atoms with Crippen molar-refractivity contribution in [3.05, 3.63) is 88.5 Å².